The van der Waals surface area contributed by atoms with Gasteiger partial charge in [-0.1, -0.05) is 72.0 Å². The highest BCUT2D eigenvalue weighted by atomic mass is 35.5. The van der Waals surface area contributed by atoms with Gasteiger partial charge in [-0.2, -0.15) is 0 Å². The Balaban J connectivity index is 1.74. The number of hydrogen-bond acceptors (Lipinski definition) is 5. The number of anilines is 1. The summed E-state index contributed by atoms with van der Waals surface area (Å²) in [5, 5.41) is 16.5. The van der Waals surface area contributed by atoms with E-state index in [1.165, 1.54) is 17.8 Å². The van der Waals surface area contributed by atoms with Crippen molar-refractivity contribution in [1.82, 2.24) is 20.1 Å². The Bertz CT molecular complexity index is 1230. The van der Waals surface area contributed by atoms with Crippen molar-refractivity contribution < 1.29 is 9.59 Å². The van der Waals surface area contributed by atoms with Gasteiger partial charge in [-0.3, -0.25) is 9.59 Å². The summed E-state index contributed by atoms with van der Waals surface area (Å²) in [7, 11) is 0. The molecule has 2 N–H and O–H groups in total. The molecule has 0 aliphatic rings. The Kier molecular flexibility index (Phi) is 9.72. The van der Waals surface area contributed by atoms with E-state index in [0.717, 1.165) is 0 Å². The average Bonchev–Trinajstić information content (AvgIpc) is 3.20. The van der Waals surface area contributed by atoms with Crippen LogP contribution >= 0.6 is 58.2 Å². The molecule has 2 aromatic carbocycles. The van der Waals surface area contributed by atoms with Crippen LogP contribution in [0, 0.1) is 5.92 Å². The molecule has 7 nitrogen and oxygen atoms in total. The molecule has 1 heterocycles. The number of rotatable bonds is 9. The SMILES string of the molecule is CCn1c(SCC(=O)Nc2cc(Cl)ccc2Cl)nnc1[C@H](NC(=O)c1ccc(Cl)cc1Cl)C(C)C. The number of aromatic nitrogens is 3. The molecule has 1 atom stereocenters. The lowest BCUT2D eigenvalue weighted by Crippen LogP contribution is -2.34. The van der Waals surface area contributed by atoms with Crippen LogP contribution in [0.5, 0.6) is 0 Å². The Morgan fingerprint density at radius 2 is 1.69 bits per heavy atom. The number of halogens is 4. The Morgan fingerprint density at radius 1 is 1.00 bits per heavy atom. The molecule has 0 saturated heterocycles. The summed E-state index contributed by atoms with van der Waals surface area (Å²) in [5.74, 6) is 0.0629. The number of thioether (sulfide) groups is 1. The molecular weight excluding hydrogens is 552 g/mol. The second kappa shape index (κ2) is 12.3. The van der Waals surface area contributed by atoms with Crippen molar-refractivity contribution in [2.45, 2.75) is 38.5 Å². The lowest BCUT2D eigenvalue weighted by Gasteiger charge is -2.22. The zero-order chi connectivity index (χ0) is 25.7. The average molecular weight is 575 g/mol. The number of carbonyl (C=O) groups is 2. The highest BCUT2D eigenvalue weighted by molar-refractivity contribution is 7.99. The zero-order valence-corrected chi connectivity index (χ0v) is 23.0. The van der Waals surface area contributed by atoms with E-state index in [9.17, 15) is 9.59 Å². The van der Waals surface area contributed by atoms with Crippen LogP contribution in [-0.2, 0) is 11.3 Å². The fraction of sp³-hybridized carbons (Fsp3) is 0.304. The predicted octanol–water partition coefficient (Wildman–Crippen LogP) is 6.77. The number of nitrogens with zero attached hydrogens (tertiary/aromatic N) is 3. The molecule has 0 spiro atoms. The van der Waals surface area contributed by atoms with Gasteiger partial charge < -0.3 is 15.2 Å². The maximum atomic E-state index is 12.9. The number of nitrogens with one attached hydrogen (secondary N) is 2. The van der Waals surface area contributed by atoms with Gasteiger partial charge in [0.15, 0.2) is 11.0 Å². The van der Waals surface area contributed by atoms with Crippen molar-refractivity contribution >= 4 is 75.7 Å². The van der Waals surface area contributed by atoms with Gasteiger partial charge in [0, 0.05) is 16.6 Å². The first-order valence-electron chi connectivity index (χ1n) is 10.7. The van der Waals surface area contributed by atoms with E-state index in [1.807, 2.05) is 25.3 Å². The normalized spacial score (nSPS) is 12.0. The molecule has 1 aromatic heterocycles. The first-order valence-corrected chi connectivity index (χ1v) is 13.2. The van der Waals surface area contributed by atoms with Crippen LogP contribution in [0.3, 0.4) is 0 Å². The first-order chi connectivity index (χ1) is 16.6. The minimum absolute atomic E-state index is 0.00523. The van der Waals surface area contributed by atoms with E-state index in [0.29, 0.717) is 43.8 Å². The van der Waals surface area contributed by atoms with E-state index >= 15 is 0 Å². The molecule has 0 fully saturated rings. The molecule has 0 bridgehead atoms. The van der Waals surface area contributed by atoms with Gasteiger partial charge in [0.1, 0.15) is 0 Å². The topological polar surface area (TPSA) is 88.9 Å². The third-order valence-electron chi connectivity index (χ3n) is 5.00. The van der Waals surface area contributed by atoms with Crippen molar-refractivity contribution in [2.75, 3.05) is 11.1 Å². The summed E-state index contributed by atoms with van der Waals surface area (Å²) in [5.41, 5.74) is 0.751. The summed E-state index contributed by atoms with van der Waals surface area (Å²) < 4.78 is 1.87. The van der Waals surface area contributed by atoms with Gasteiger partial charge >= 0.3 is 0 Å². The van der Waals surface area contributed by atoms with Crippen LogP contribution in [0.1, 0.15) is 43.0 Å². The van der Waals surface area contributed by atoms with Crippen molar-refractivity contribution in [3.8, 4) is 0 Å². The van der Waals surface area contributed by atoms with Gasteiger partial charge in [-0.05, 0) is 49.2 Å². The molecule has 0 aliphatic carbocycles. The number of benzene rings is 2. The fourth-order valence-electron chi connectivity index (χ4n) is 3.27. The highest BCUT2D eigenvalue weighted by Gasteiger charge is 2.27. The molecule has 3 aromatic rings. The van der Waals surface area contributed by atoms with Crippen LogP contribution in [0.15, 0.2) is 41.6 Å². The first kappa shape index (κ1) is 27.6. The number of hydrogen-bond donors (Lipinski definition) is 2. The molecule has 0 radical (unpaired) electrons. The summed E-state index contributed by atoms with van der Waals surface area (Å²) in [6, 6.07) is 9.12. The molecule has 0 aliphatic heterocycles. The maximum absolute atomic E-state index is 12.9. The molecule has 0 saturated carbocycles. The van der Waals surface area contributed by atoms with Crippen molar-refractivity contribution in [1.29, 1.82) is 0 Å². The van der Waals surface area contributed by atoms with E-state index in [1.54, 1.807) is 30.3 Å². The molecule has 2 amide bonds. The Morgan fingerprint density at radius 3 is 2.34 bits per heavy atom. The Labute approximate surface area is 227 Å². The lowest BCUT2D eigenvalue weighted by molar-refractivity contribution is -0.113. The zero-order valence-electron chi connectivity index (χ0n) is 19.1. The Hall–Kier alpha value is -1.97. The van der Waals surface area contributed by atoms with Gasteiger partial charge in [0.25, 0.3) is 5.91 Å². The summed E-state index contributed by atoms with van der Waals surface area (Å²) in [6.45, 7) is 6.43. The van der Waals surface area contributed by atoms with Gasteiger partial charge in [0.2, 0.25) is 5.91 Å². The summed E-state index contributed by atoms with van der Waals surface area (Å²) in [6.07, 6.45) is 0. The highest BCUT2D eigenvalue weighted by Crippen LogP contribution is 2.28. The van der Waals surface area contributed by atoms with Crippen LogP contribution in [0.4, 0.5) is 5.69 Å². The molecule has 186 valence electrons. The number of carbonyl (C=O) groups excluding carboxylic acids is 2. The van der Waals surface area contributed by atoms with Crippen molar-refractivity contribution in [3.63, 3.8) is 0 Å². The quantitative estimate of drug-likeness (QED) is 0.275. The van der Waals surface area contributed by atoms with Crippen LogP contribution in [0.25, 0.3) is 0 Å². The summed E-state index contributed by atoms with van der Waals surface area (Å²) >= 11 is 25.5. The maximum Gasteiger partial charge on any atom is 0.253 e. The lowest BCUT2D eigenvalue weighted by atomic mass is 10.0. The predicted molar refractivity (Wildman–Crippen MR) is 143 cm³/mol. The minimum atomic E-state index is -0.435. The monoisotopic (exact) mass is 573 g/mol. The van der Waals surface area contributed by atoms with Crippen LogP contribution < -0.4 is 10.6 Å². The molecule has 3 rings (SSSR count). The van der Waals surface area contributed by atoms with Gasteiger partial charge in [0.05, 0.1) is 33.1 Å². The van der Waals surface area contributed by atoms with Crippen molar-refractivity contribution in [3.05, 3.63) is 67.9 Å². The van der Waals surface area contributed by atoms with Gasteiger partial charge in [-0.25, -0.2) is 0 Å². The van der Waals surface area contributed by atoms with Crippen LogP contribution in [-0.4, -0.2) is 32.3 Å². The number of amides is 2. The molecule has 12 heteroatoms. The third kappa shape index (κ3) is 7.05. The smallest absolute Gasteiger partial charge is 0.253 e. The van der Waals surface area contributed by atoms with E-state index in [2.05, 4.69) is 20.8 Å². The van der Waals surface area contributed by atoms with Crippen LogP contribution in [0.2, 0.25) is 20.1 Å². The molecular formula is C23H23Cl4N5O2S. The largest absolute Gasteiger partial charge is 0.342 e. The molecule has 0 unspecified atom stereocenters. The van der Waals surface area contributed by atoms with E-state index < -0.39 is 6.04 Å². The van der Waals surface area contributed by atoms with Crippen molar-refractivity contribution in [2.24, 2.45) is 5.92 Å². The second-order valence-electron chi connectivity index (χ2n) is 7.87. The summed E-state index contributed by atoms with van der Waals surface area (Å²) in [4.78, 5) is 25.4. The minimum Gasteiger partial charge on any atom is -0.342 e. The van der Waals surface area contributed by atoms with Gasteiger partial charge in [-0.15, -0.1) is 10.2 Å². The van der Waals surface area contributed by atoms with E-state index in [-0.39, 0.29) is 28.5 Å². The second-order valence-corrected chi connectivity index (χ2v) is 10.5. The van der Waals surface area contributed by atoms with E-state index in [4.69, 9.17) is 46.4 Å². The third-order valence-corrected chi connectivity index (χ3v) is 7.08. The fourth-order valence-corrected chi connectivity index (χ4v) is 4.91. The molecule has 35 heavy (non-hydrogen) atoms. The standard InChI is InChI=1S/C23H23Cl4N5O2S/c1-4-32-21(20(12(2)3)29-22(34)15-7-5-13(24)9-17(15)27)30-31-23(32)35-11-19(33)28-18-10-14(25)6-8-16(18)26/h5-10,12,20H,4,11H2,1-3H3,(H,28,33)(H,29,34)/t20-/m1/s1.